The van der Waals surface area contributed by atoms with E-state index < -0.39 is 0 Å². The van der Waals surface area contributed by atoms with E-state index in [1.54, 1.807) is 30.3 Å². The lowest BCUT2D eigenvalue weighted by atomic mass is 10.2. The summed E-state index contributed by atoms with van der Waals surface area (Å²) in [5, 5.41) is 0. The standard InChI is InChI=1S/C16H18N2O2S/c1-12-6-3-4-8-14(12)20-11-10-18(2)16(19)13-7-5-9-17-15(13)21/h3-9H,10-11H2,1-2H3,(H,17,21). The highest BCUT2D eigenvalue weighted by Crippen LogP contribution is 2.16. The van der Waals surface area contributed by atoms with Crippen molar-refractivity contribution < 1.29 is 9.53 Å². The van der Waals surface area contributed by atoms with E-state index in [9.17, 15) is 4.79 Å². The Hall–Kier alpha value is -2.14. The maximum atomic E-state index is 12.3. The Morgan fingerprint density at radius 2 is 2.05 bits per heavy atom. The molecule has 2 rings (SSSR count). The van der Waals surface area contributed by atoms with Crippen molar-refractivity contribution in [3.63, 3.8) is 0 Å². The van der Waals surface area contributed by atoms with Crippen LogP contribution in [0.4, 0.5) is 0 Å². The average Bonchev–Trinajstić information content (AvgIpc) is 2.49. The number of benzene rings is 1. The number of carbonyl (C=O) groups excluding carboxylic acids is 1. The molecule has 21 heavy (non-hydrogen) atoms. The normalized spacial score (nSPS) is 10.2. The average molecular weight is 302 g/mol. The lowest BCUT2D eigenvalue weighted by Gasteiger charge is -2.18. The van der Waals surface area contributed by atoms with E-state index in [0.717, 1.165) is 11.3 Å². The van der Waals surface area contributed by atoms with Gasteiger partial charge in [0.05, 0.1) is 12.1 Å². The van der Waals surface area contributed by atoms with E-state index in [1.807, 2.05) is 31.2 Å². The van der Waals surface area contributed by atoms with Gasteiger partial charge in [0, 0.05) is 13.2 Å². The number of nitrogens with one attached hydrogen (secondary N) is 1. The van der Waals surface area contributed by atoms with Gasteiger partial charge in [0.25, 0.3) is 5.91 Å². The van der Waals surface area contributed by atoms with Gasteiger partial charge in [-0.15, -0.1) is 0 Å². The molecule has 0 saturated heterocycles. The minimum Gasteiger partial charge on any atom is -0.491 e. The molecule has 2 aromatic rings. The summed E-state index contributed by atoms with van der Waals surface area (Å²) in [6.45, 7) is 2.93. The molecule has 0 bridgehead atoms. The molecule has 0 spiro atoms. The number of ether oxygens (including phenoxy) is 1. The first-order chi connectivity index (χ1) is 10.1. The van der Waals surface area contributed by atoms with Crippen molar-refractivity contribution in [1.29, 1.82) is 0 Å². The van der Waals surface area contributed by atoms with Crippen LogP contribution < -0.4 is 4.74 Å². The van der Waals surface area contributed by atoms with Crippen LogP contribution in [-0.4, -0.2) is 36.0 Å². The number of hydrogen-bond acceptors (Lipinski definition) is 3. The number of carbonyl (C=O) groups is 1. The topological polar surface area (TPSA) is 45.3 Å². The molecule has 1 heterocycles. The maximum absolute atomic E-state index is 12.3. The number of rotatable bonds is 5. The Morgan fingerprint density at radius 3 is 2.76 bits per heavy atom. The summed E-state index contributed by atoms with van der Waals surface area (Å²) in [5.74, 6) is 0.737. The first-order valence-corrected chi connectivity index (χ1v) is 7.12. The van der Waals surface area contributed by atoms with Gasteiger partial charge in [-0.25, -0.2) is 0 Å². The van der Waals surface area contributed by atoms with Gasteiger partial charge in [-0.05, 0) is 30.7 Å². The number of amides is 1. The van der Waals surface area contributed by atoms with E-state index in [2.05, 4.69) is 4.98 Å². The van der Waals surface area contributed by atoms with Gasteiger partial charge in [0.15, 0.2) is 0 Å². The molecule has 0 atom stereocenters. The summed E-state index contributed by atoms with van der Waals surface area (Å²) >= 11 is 5.12. The summed E-state index contributed by atoms with van der Waals surface area (Å²) in [7, 11) is 1.74. The zero-order valence-corrected chi connectivity index (χ0v) is 12.9. The fourth-order valence-corrected chi connectivity index (χ4v) is 2.13. The smallest absolute Gasteiger partial charge is 0.256 e. The van der Waals surface area contributed by atoms with Crippen LogP contribution in [0.2, 0.25) is 0 Å². The van der Waals surface area contributed by atoms with Crippen LogP contribution in [0.1, 0.15) is 15.9 Å². The van der Waals surface area contributed by atoms with Crippen molar-refractivity contribution in [3.8, 4) is 5.75 Å². The SMILES string of the molecule is Cc1ccccc1OCCN(C)C(=O)c1ccc[nH]c1=S. The molecule has 0 aliphatic carbocycles. The van der Waals surface area contributed by atoms with Crippen LogP contribution in [0.15, 0.2) is 42.6 Å². The molecular formula is C16H18N2O2S. The van der Waals surface area contributed by atoms with Crippen LogP contribution in [0.5, 0.6) is 5.75 Å². The lowest BCUT2D eigenvalue weighted by Crippen LogP contribution is -2.31. The molecule has 110 valence electrons. The largest absolute Gasteiger partial charge is 0.491 e. The van der Waals surface area contributed by atoms with Crippen molar-refractivity contribution in [2.45, 2.75) is 6.92 Å². The molecule has 0 aliphatic heterocycles. The number of nitrogens with zero attached hydrogens (tertiary/aromatic N) is 1. The third-order valence-corrected chi connectivity index (χ3v) is 3.51. The zero-order chi connectivity index (χ0) is 15.2. The van der Waals surface area contributed by atoms with Crippen molar-refractivity contribution in [3.05, 3.63) is 58.4 Å². The fourth-order valence-electron chi connectivity index (χ4n) is 1.91. The summed E-state index contributed by atoms with van der Waals surface area (Å²) in [5.41, 5.74) is 1.59. The van der Waals surface area contributed by atoms with Crippen molar-refractivity contribution >= 4 is 18.1 Å². The summed E-state index contributed by atoms with van der Waals surface area (Å²) in [4.78, 5) is 16.7. The molecule has 5 heteroatoms. The molecule has 0 radical (unpaired) electrons. The van der Waals surface area contributed by atoms with Gasteiger partial charge in [0.1, 0.15) is 17.0 Å². The molecule has 1 aromatic heterocycles. The quantitative estimate of drug-likeness (QED) is 0.863. The molecular weight excluding hydrogens is 284 g/mol. The van der Waals surface area contributed by atoms with Crippen molar-refractivity contribution in [1.82, 2.24) is 9.88 Å². The van der Waals surface area contributed by atoms with Crippen LogP contribution in [-0.2, 0) is 0 Å². The Morgan fingerprint density at radius 1 is 1.29 bits per heavy atom. The fraction of sp³-hybridized carbons (Fsp3) is 0.250. The Kier molecular flexibility index (Phi) is 5.11. The monoisotopic (exact) mass is 302 g/mol. The van der Waals surface area contributed by atoms with E-state index in [-0.39, 0.29) is 5.91 Å². The molecule has 0 unspecified atom stereocenters. The highest BCUT2D eigenvalue weighted by atomic mass is 32.1. The molecule has 1 aromatic carbocycles. The van der Waals surface area contributed by atoms with Gasteiger partial charge >= 0.3 is 0 Å². The van der Waals surface area contributed by atoms with Gasteiger partial charge in [-0.3, -0.25) is 4.79 Å². The van der Waals surface area contributed by atoms with Crippen LogP contribution in [0.3, 0.4) is 0 Å². The van der Waals surface area contributed by atoms with Gasteiger partial charge in [-0.2, -0.15) is 0 Å². The van der Waals surface area contributed by atoms with Crippen molar-refractivity contribution in [2.24, 2.45) is 0 Å². The minimum atomic E-state index is -0.106. The molecule has 1 amide bonds. The Bertz CT molecular complexity index is 682. The summed E-state index contributed by atoms with van der Waals surface area (Å²) in [6, 6.07) is 11.3. The van der Waals surface area contributed by atoms with Crippen LogP contribution in [0, 0.1) is 11.6 Å². The number of para-hydroxylation sites is 1. The van der Waals surface area contributed by atoms with E-state index in [4.69, 9.17) is 17.0 Å². The second-order valence-electron chi connectivity index (χ2n) is 4.75. The van der Waals surface area contributed by atoms with E-state index >= 15 is 0 Å². The third-order valence-electron chi connectivity index (χ3n) is 3.17. The number of hydrogen-bond donors (Lipinski definition) is 1. The summed E-state index contributed by atoms with van der Waals surface area (Å²) < 4.78 is 6.15. The third kappa shape index (κ3) is 3.92. The lowest BCUT2D eigenvalue weighted by molar-refractivity contribution is 0.0772. The number of pyridine rings is 1. The molecule has 1 N–H and O–H groups in total. The number of likely N-dealkylation sites (N-methyl/N-ethyl adjacent to an activating group) is 1. The Balaban J connectivity index is 1.92. The number of aromatic amines is 1. The molecule has 0 saturated carbocycles. The minimum absolute atomic E-state index is 0.106. The second kappa shape index (κ2) is 7.04. The maximum Gasteiger partial charge on any atom is 0.256 e. The van der Waals surface area contributed by atoms with Gasteiger partial charge in [0.2, 0.25) is 0 Å². The van der Waals surface area contributed by atoms with Crippen LogP contribution in [0.25, 0.3) is 0 Å². The highest BCUT2D eigenvalue weighted by molar-refractivity contribution is 7.71. The van der Waals surface area contributed by atoms with Gasteiger partial charge in [-0.1, -0.05) is 30.4 Å². The zero-order valence-electron chi connectivity index (χ0n) is 12.1. The predicted octanol–water partition coefficient (Wildman–Crippen LogP) is 3.20. The number of aryl methyl sites for hydroxylation is 1. The molecule has 4 nitrogen and oxygen atoms in total. The van der Waals surface area contributed by atoms with Gasteiger partial charge < -0.3 is 14.6 Å². The second-order valence-corrected chi connectivity index (χ2v) is 5.16. The van der Waals surface area contributed by atoms with Crippen molar-refractivity contribution in [2.75, 3.05) is 20.2 Å². The van der Waals surface area contributed by atoms with E-state index in [0.29, 0.717) is 23.4 Å². The predicted molar refractivity (Wildman–Crippen MR) is 85.3 cm³/mol. The molecule has 0 fully saturated rings. The Labute approximate surface area is 129 Å². The van der Waals surface area contributed by atoms with E-state index in [1.165, 1.54) is 0 Å². The number of aromatic nitrogens is 1. The van der Waals surface area contributed by atoms with Crippen LogP contribution >= 0.6 is 12.2 Å². The summed E-state index contributed by atoms with van der Waals surface area (Å²) in [6.07, 6.45) is 1.71. The highest BCUT2D eigenvalue weighted by Gasteiger charge is 2.13. The molecule has 0 aliphatic rings. The number of H-pyrrole nitrogens is 1. The first kappa shape index (κ1) is 15.3. The first-order valence-electron chi connectivity index (χ1n) is 6.71.